The zero-order chi connectivity index (χ0) is 24.4. The summed E-state index contributed by atoms with van der Waals surface area (Å²) in [5.41, 5.74) is 3.15. The summed E-state index contributed by atoms with van der Waals surface area (Å²) in [5, 5.41) is 3.24. The summed E-state index contributed by atoms with van der Waals surface area (Å²) in [5.74, 6) is 1.30. The normalized spacial score (nSPS) is 14.7. The summed E-state index contributed by atoms with van der Waals surface area (Å²) in [7, 11) is -0.381. The Hall–Kier alpha value is 0.501. The van der Waals surface area contributed by atoms with Gasteiger partial charge in [0, 0.05) is 0 Å². The van der Waals surface area contributed by atoms with Gasteiger partial charge in [0.1, 0.15) is 0 Å². The van der Waals surface area contributed by atoms with E-state index in [1.54, 1.807) is 16.0 Å². The van der Waals surface area contributed by atoms with Crippen LogP contribution < -0.4 is 42.4 Å². The second-order valence-electron chi connectivity index (χ2n) is 11.2. The molecule has 2 rings (SSSR count). The van der Waals surface area contributed by atoms with Gasteiger partial charge < -0.3 is 37.2 Å². The summed E-state index contributed by atoms with van der Waals surface area (Å²) in [6.45, 7) is 9.37. The van der Waals surface area contributed by atoms with E-state index >= 15 is 0 Å². The van der Waals surface area contributed by atoms with Gasteiger partial charge in [-0.3, -0.25) is 6.08 Å². The molecule has 0 saturated carbocycles. The van der Waals surface area contributed by atoms with Crippen molar-refractivity contribution in [3.63, 3.8) is 0 Å². The number of benzene rings is 1. The van der Waals surface area contributed by atoms with Crippen molar-refractivity contribution in [1.82, 2.24) is 0 Å². The molecule has 0 aliphatic heterocycles. The second kappa shape index (κ2) is 27.7. The minimum absolute atomic E-state index is 0. The van der Waals surface area contributed by atoms with Gasteiger partial charge in [-0.15, -0.1) is 6.92 Å². The molecule has 0 heterocycles. The van der Waals surface area contributed by atoms with E-state index in [0.717, 1.165) is 0 Å². The average molecular weight is 634 g/mol. The molecule has 0 spiro atoms. The maximum atomic E-state index is 3.90. The van der Waals surface area contributed by atoms with Crippen LogP contribution in [0.15, 0.2) is 46.7 Å². The fourth-order valence-corrected chi connectivity index (χ4v) is 7.66. The van der Waals surface area contributed by atoms with Crippen LogP contribution in [-0.4, -0.2) is 9.52 Å². The van der Waals surface area contributed by atoms with E-state index in [0.29, 0.717) is 11.8 Å². The van der Waals surface area contributed by atoms with Crippen molar-refractivity contribution in [3.8, 4) is 0 Å². The van der Waals surface area contributed by atoms with E-state index in [2.05, 4.69) is 64.1 Å². The molecule has 0 saturated heterocycles. The molecular formula is C33H55Cl3SiTi. The van der Waals surface area contributed by atoms with Gasteiger partial charge in [-0.25, -0.2) is 11.1 Å². The Balaban J connectivity index is -0.00000306. The van der Waals surface area contributed by atoms with E-state index in [1.165, 1.54) is 115 Å². The van der Waals surface area contributed by atoms with Crippen molar-refractivity contribution < 1.29 is 58.9 Å². The summed E-state index contributed by atoms with van der Waals surface area (Å²) >= 11 is 0. The largest absolute Gasteiger partial charge is 4.00 e. The van der Waals surface area contributed by atoms with Crippen LogP contribution in [0, 0.1) is 17.9 Å². The molecule has 0 fully saturated rings. The molecule has 1 aliphatic carbocycles. The Labute approximate surface area is 273 Å². The Bertz CT molecular complexity index is 718. The van der Waals surface area contributed by atoms with Gasteiger partial charge in [-0.1, -0.05) is 177 Å². The first kappa shape index (κ1) is 43.0. The van der Waals surface area contributed by atoms with Gasteiger partial charge in [0.2, 0.25) is 0 Å². The number of hydrogen-bond donors (Lipinski definition) is 0. The van der Waals surface area contributed by atoms with E-state index in [-0.39, 0.29) is 68.5 Å². The van der Waals surface area contributed by atoms with Gasteiger partial charge in [-0.05, 0) is 0 Å². The molecule has 0 aromatic heterocycles. The monoisotopic (exact) mass is 632 g/mol. The quantitative estimate of drug-likeness (QED) is 0.111. The van der Waals surface area contributed by atoms with Crippen LogP contribution in [0.1, 0.15) is 137 Å². The van der Waals surface area contributed by atoms with Crippen molar-refractivity contribution in [3.05, 3.63) is 52.8 Å². The van der Waals surface area contributed by atoms with Crippen LogP contribution in [0.5, 0.6) is 0 Å². The molecule has 1 aromatic carbocycles. The molecule has 0 radical (unpaired) electrons. The molecular weight excluding hydrogens is 579 g/mol. The maximum absolute atomic E-state index is 3.90. The number of rotatable bonds is 20. The van der Waals surface area contributed by atoms with Crippen molar-refractivity contribution in [2.24, 2.45) is 11.8 Å². The van der Waals surface area contributed by atoms with Gasteiger partial charge in [0.15, 0.2) is 0 Å². The predicted octanol–water partition coefficient (Wildman–Crippen LogP) is 0.431. The molecule has 1 atom stereocenters. The number of halogens is 3. The van der Waals surface area contributed by atoms with Crippen molar-refractivity contribution >= 4 is 14.7 Å². The molecule has 38 heavy (non-hydrogen) atoms. The Morgan fingerprint density at radius 3 is 1.53 bits per heavy atom. The van der Waals surface area contributed by atoms with Crippen LogP contribution in [0.3, 0.4) is 0 Å². The molecule has 1 aromatic rings. The van der Waals surface area contributed by atoms with E-state index in [9.17, 15) is 0 Å². The topological polar surface area (TPSA) is 0 Å². The molecule has 1 unspecified atom stereocenters. The van der Waals surface area contributed by atoms with Gasteiger partial charge >= 0.3 is 21.7 Å². The SMILES string of the molecule is CCCCCCCCCCCCCCCCCCC1C([SiH2]c2ccccc2)=[C-]C(C(C)C)=C1C.[Cl-].[Cl-].[Cl-].[Ti+4]. The fraction of sp³-hybridized carbons (Fsp3) is 0.697. The summed E-state index contributed by atoms with van der Waals surface area (Å²) in [6.07, 6.45) is 28.4. The number of allylic oxidation sites excluding steroid dienone is 4. The second-order valence-corrected chi connectivity index (χ2v) is 13.1. The van der Waals surface area contributed by atoms with Crippen molar-refractivity contribution in [2.75, 3.05) is 0 Å². The summed E-state index contributed by atoms with van der Waals surface area (Å²) in [6, 6.07) is 11.2. The zero-order valence-electron chi connectivity index (χ0n) is 24.9. The van der Waals surface area contributed by atoms with Gasteiger partial charge in [0.05, 0.1) is 9.52 Å². The van der Waals surface area contributed by atoms with Crippen LogP contribution >= 0.6 is 0 Å². The minimum atomic E-state index is -0.381. The first-order chi connectivity index (χ1) is 16.6. The third-order valence-electron chi connectivity index (χ3n) is 7.82. The summed E-state index contributed by atoms with van der Waals surface area (Å²) in [4.78, 5) is 0. The van der Waals surface area contributed by atoms with Gasteiger partial charge in [-0.2, -0.15) is 5.20 Å². The average Bonchev–Trinajstić information content (AvgIpc) is 3.14. The van der Waals surface area contributed by atoms with E-state index in [4.69, 9.17) is 0 Å². The number of hydrogen-bond acceptors (Lipinski definition) is 0. The molecule has 0 nitrogen and oxygen atoms in total. The predicted molar refractivity (Wildman–Crippen MR) is 157 cm³/mol. The maximum Gasteiger partial charge on any atom is 4.00 e. The molecule has 5 heteroatoms. The van der Waals surface area contributed by atoms with E-state index < -0.39 is 0 Å². The molecule has 0 amide bonds. The van der Waals surface area contributed by atoms with Crippen LogP contribution in [-0.2, 0) is 21.7 Å². The third-order valence-corrected chi connectivity index (χ3v) is 9.75. The third kappa shape index (κ3) is 18.0. The zero-order valence-corrected chi connectivity index (χ0v) is 30.1. The first-order valence-corrected chi connectivity index (χ1v) is 16.4. The fourth-order valence-electron chi connectivity index (χ4n) is 5.68. The van der Waals surface area contributed by atoms with Crippen molar-refractivity contribution in [1.29, 1.82) is 0 Å². The van der Waals surface area contributed by atoms with Crippen LogP contribution in [0.2, 0.25) is 0 Å². The molecule has 0 bridgehead atoms. The Morgan fingerprint density at radius 1 is 0.684 bits per heavy atom. The molecule has 216 valence electrons. The van der Waals surface area contributed by atoms with Crippen molar-refractivity contribution in [2.45, 2.75) is 137 Å². The number of unbranched alkanes of at least 4 members (excludes halogenated alkanes) is 15. The Morgan fingerprint density at radius 2 is 1.11 bits per heavy atom. The summed E-state index contributed by atoms with van der Waals surface area (Å²) < 4.78 is 0. The minimum Gasteiger partial charge on any atom is -1.00 e. The first-order valence-electron chi connectivity index (χ1n) is 15.0. The van der Waals surface area contributed by atoms with Gasteiger partial charge in [0.25, 0.3) is 0 Å². The van der Waals surface area contributed by atoms with Crippen LogP contribution in [0.4, 0.5) is 0 Å². The Kier molecular flexibility index (Phi) is 31.3. The molecule has 1 aliphatic rings. The standard InChI is InChI=1S/C33H55Si.3ClH.Ti/c1-5-6-7-8-9-10-11-12-13-14-15-16-17-18-19-23-26-31-29(4)32(28(2)3)27-33(31)34-30-24-21-20-22-25-30;;;;/h20-22,24-25,28,31H,5-19,23,26,34H2,1-4H3;3*1H;/q-1;;;;+4/p-3. The van der Waals surface area contributed by atoms with E-state index in [1.807, 2.05) is 0 Å². The smallest absolute Gasteiger partial charge is 1.00 e. The molecule has 0 N–H and O–H groups in total. The van der Waals surface area contributed by atoms with Crippen LogP contribution in [0.25, 0.3) is 0 Å².